The van der Waals surface area contributed by atoms with Gasteiger partial charge in [0.05, 0.1) is 12.3 Å². The van der Waals surface area contributed by atoms with Crippen LogP contribution < -0.4 is 5.32 Å². The van der Waals surface area contributed by atoms with Crippen molar-refractivity contribution in [1.29, 1.82) is 0 Å². The topological polar surface area (TPSA) is 65.4 Å². The maximum absolute atomic E-state index is 11.7. The molecule has 0 saturated carbocycles. The van der Waals surface area contributed by atoms with Gasteiger partial charge in [0, 0.05) is 43.8 Å². The average Bonchev–Trinajstić information content (AvgIpc) is 3.15. The second-order valence-corrected chi connectivity index (χ2v) is 5.91. The average molecular weight is 293 g/mol. The Morgan fingerprint density at radius 1 is 1.52 bits per heavy atom. The summed E-state index contributed by atoms with van der Waals surface area (Å²) in [5.74, 6) is 0.250. The zero-order valence-corrected chi connectivity index (χ0v) is 12.6. The molecular formula is C15H23N3O3. The standard InChI is InChI=1S/C15H23N3O3/c1-3-18-9-12(8-17-18)14-11(4-5-20-14)7-16-13-6-10(2)21-15(13)19/h8-11,13-14,16H,3-7H2,1-2H3/t10-,11+,13+,14+/m0/s1. The monoisotopic (exact) mass is 293 g/mol. The van der Waals surface area contributed by atoms with E-state index in [0.29, 0.717) is 5.92 Å². The summed E-state index contributed by atoms with van der Waals surface area (Å²) in [7, 11) is 0. The molecule has 0 aromatic carbocycles. The Labute approximate surface area is 124 Å². The fourth-order valence-corrected chi connectivity index (χ4v) is 3.13. The fraction of sp³-hybridized carbons (Fsp3) is 0.733. The lowest BCUT2D eigenvalue weighted by Gasteiger charge is -2.19. The molecular weight excluding hydrogens is 270 g/mol. The second-order valence-electron chi connectivity index (χ2n) is 5.91. The first-order valence-corrected chi connectivity index (χ1v) is 7.75. The molecule has 6 nitrogen and oxygen atoms in total. The van der Waals surface area contributed by atoms with E-state index in [2.05, 4.69) is 23.5 Å². The van der Waals surface area contributed by atoms with Crippen molar-refractivity contribution in [3.05, 3.63) is 18.0 Å². The van der Waals surface area contributed by atoms with Gasteiger partial charge in [-0.25, -0.2) is 0 Å². The van der Waals surface area contributed by atoms with E-state index < -0.39 is 0 Å². The fourth-order valence-electron chi connectivity index (χ4n) is 3.13. The van der Waals surface area contributed by atoms with Crippen LogP contribution in [0, 0.1) is 5.92 Å². The first kappa shape index (κ1) is 14.5. The van der Waals surface area contributed by atoms with Gasteiger partial charge in [0.1, 0.15) is 12.1 Å². The highest BCUT2D eigenvalue weighted by Gasteiger charge is 2.35. The SMILES string of the molecule is CCn1cc([C@@H]2OCC[C@@H]2CN[C@@H]2C[C@H](C)OC2=O)cn1. The predicted octanol–water partition coefficient (Wildman–Crippen LogP) is 1.27. The van der Waals surface area contributed by atoms with Gasteiger partial charge in [-0.05, 0) is 20.3 Å². The third kappa shape index (κ3) is 3.11. The van der Waals surface area contributed by atoms with Crippen LogP contribution in [0.15, 0.2) is 12.4 Å². The smallest absolute Gasteiger partial charge is 0.323 e. The number of rotatable bonds is 5. The minimum Gasteiger partial charge on any atom is -0.461 e. The summed E-state index contributed by atoms with van der Waals surface area (Å²) in [6, 6.07) is -0.167. The van der Waals surface area contributed by atoms with E-state index in [1.807, 2.05) is 17.8 Å². The van der Waals surface area contributed by atoms with E-state index in [0.717, 1.165) is 38.1 Å². The van der Waals surface area contributed by atoms with Crippen LogP contribution >= 0.6 is 0 Å². The van der Waals surface area contributed by atoms with Gasteiger partial charge >= 0.3 is 5.97 Å². The molecule has 2 saturated heterocycles. The van der Waals surface area contributed by atoms with E-state index in [4.69, 9.17) is 9.47 Å². The maximum atomic E-state index is 11.7. The molecule has 3 heterocycles. The molecule has 4 atom stereocenters. The van der Waals surface area contributed by atoms with Crippen LogP contribution in [0.5, 0.6) is 0 Å². The Hall–Kier alpha value is -1.40. The highest BCUT2D eigenvalue weighted by atomic mass is 16.6. The van der Waals surface area contributed by atoms with Crippen LogP contribution in [0.4, 0.5) is 0 Å². The van der Waals surface area contributed by atoms with Gasteiger partial charge in [0.15, 0.2) is 0 Å². The van der Waals surface area contributed by atoms with E-state index in [1.54, 1.807) is 0 Å². The molecule has 0 radical (unpaired) electrons. The van der Waals surface area contributed by atoms with Crippen LogP contribution in [0.3, 0.4) is 0 Å². The third-order valence-corrected chi connectivity index (χ3v) is 4.32. The molecule has 1 aromatic rings. The zero-order valence-electron chi connectivity index (χ0n) is 12.6. The summed E-state index contributed by atoms with van der Waals surface area (Å²) < 4.78 is 12.9. The van der Waals surface area contributed by atoms with Crippen molar-refractivity contribution in [3.63, 3.8) is 0 Å². The summed E-state index contributed by atoms with van der Waals surface area (Å²) in [5, 5.41) is 7.66. The minimum atomic E-state index is -0.167. The van der Waals surface area contributed by atoms with Crippen LogP contribution in [0.25, 0.3) is 0 Å². The molecule has 3 rings (SSSR count). The molecule has 0 amide bonds. The Morgan fingerprint density at radius 2 is 2.38 bits per heavy atom. The molecule has 0 unspecified atom stereocenters. The maximum Gasteiger partial charge on any atom is 0.323 e. The molecule has 1 N–H and O–H groups in total. The molecule has 6 heteroatoms. The number of carbonyl (C=O) groups excluding carboxylic acids is 1. The summed E-state index contributed by atoms with van der Waals surface area (Å²) >= 11 is 0. The molecule has 116 valence electrons. The third-order valence-electron chi connectivity index (χ3n) is 4.32. The highest BCUT2D eigenvalue weighted by molar-refractivity contribution is 5.77. The lowest BCUT2D eigenvalue weighted by molar-refractivity contribution is -0.142. The Bertz CT molecular complexity index is 502. The summed E-state index contributed by atoms with van der Waals surface area (Å²) in [4.78, 5) is 11.7. The summed E-state index contributed by atoms with van der Waals surface area (Å²) in [6.07, 6.45) is 5.80. The number of cyclic esters (lactones) is 1. The van der Waals surface area contributed by atoms with Gasteiger partial charge in [-0.1, -0.05) is 0 Å². The molecule has 2 aliphatic rings. The van der Waals surface area contributed by atoms with Gasteiger partial charge in [0.2, 0.25) is 0 Å². The molecule has 2 fully saturated rings. The quantitative estimate of drug-likeness (QED) is 0.828. The first-order valence-electron chi connectivity index (χ1n) is 7.75. The lowest BCUT2D eigenvalue weighted by Crippen LogP contribution is -2.37. The molecule has 21 heavy (non-hydrogen) atoms. The van der Waals surface area contributed by atoms with Crippen molar-refractivity contribution in [2.45, 2.75) is 51.5 Å². The van der Waals surface area contributed by atoms with Crippen molar-refractivity contribution >= 4 is 5.97 Å². The van der Waals surface area contributed by atoms with Gasteiger partial charge in [0.25, 0.3) is 0 Å². The first-order chi connectivity index (χ1) is 10.2. The van der Waals surface area contributed by atoms with Crippen molar-refractivity contribution in [3.8, 4) is 0 Å². The van der Waals surface area contributed by atoms with Crippen LogP contribution in [0.1, 0.15) is 38.4 Å². The number of aryl methyl sites for hydroxylation is 1. The summed E-state index contributed by atoms with van der Waals surface area (Å²) in [6.45, 7) is 6.40. The van der Waals surface area contributed by atoms with E-state index in [-0.39, 0.29) is 24.2 Å². The zero-order chi connectivity index (χ0) is 14.8. The number of aromatic nitrogens is 2. The van der Waals surface area contributed by atoms with Gasteiger partial charge < -0.3 is 14.8 Å². The van der Waals surface area contributed by atoms with Crippen molar-refractivity contribution < 1.29 is 14.3 Å². The highest BCUT2D eigenvalue weighted by Crippen LogP contribution is 2.34. The minimum absolute atomic E-state index is 0.0217. The lowest BCUT2D eigenvalue weighted by atomic mass is 9.97. The number of hydrogen-bond donors (Lipinski definition) is 1. The van der Waals surface area contributed by atoms with Crippen molar-refractivity contribution in [1.82, 2.24) is 15.1 Å². The van der Waals surface area contributed by atoms with Crippen molar-refractivity contribution in [2.75, 3.05) is 13.2 Å². The Morgan fingerprint density at radius 3 is 3.05 bits per heavy atom. The number of ether oxygens (including phenoxy) is 2. The molecule has 0 bridgehead atoms. The second kappa shape index (κ2) is 6.15. The van der Waals surface area contributed by atoms with E-state index in [1.165, 1.54) is 0 Å². The van der Waals surface area contributed by atoms with Gasteiger partial charge in [-0.3, -0.25) is 9.48 Å². The number of nitrogens with one attached hydrogen (secondary N) is 1. The van der Waals surface area contributed by atoms with E-state index in [9.17, 15) is 4.79 Å². The van der Waals surface area contributed by atoms with Gasteiger partial charge in [-0.2, -0.15) is 5.10 Å². The molecule has 0 spiro atoms. The Balaban J connectivity index is 1.58. The number of hydrogen-bond acceptors (Lipinski definition) is 5. The molecule has 1 aromatic heterocycles. The normalized spacial score (nSPS) is 32.6. The van der Waals surface area contributed by atoms with Crippen molar-refractivity contribution in [2.24, 2.45) is 5.92 Å². The largest absolute Gasteiger partial charge is 0.461 e. The predicted molar refractivity (Wildman–Crippen MR) is 76.7 cm³/mol. The molecule has 0 aliphatic carbocycles. The summed E-state index contributed by atoms with van der Waals surface area (Å²) in [5.41, 5.74) is 1.13. The van der Waals surface area contributed by atoms with E-state index >= 15 is 0 Å². The Kier molecular flexibility index (Phi) is 4.26. The molecule has 2 aliphatic heterocycles. The number of nitrogens with zero attached hydrogens (tertiary/aromatic N) is 2. The number of esters is 1. The van der Waals surface area contributed by atoms with Crippen LogP contribution in [-0.2, 0) is 20.8 Å². The van der Waals surface area contributed by atoms with Crippen LogP contribution in [0.2, 0.25) is 0 Å². The van der Waals surface area contributed by atoms with Gasteiger partial charge in [-0.15, -0.1) is 0 Å². The van der Waals surface area contributed by atoms with Crippen LogP contribution in [-0.4, -0.2) is 41.0 Å². The number of carbonyl (C=O) groups is 1.